The zero-order valence-electron chi connectivity index (χ0n) is 16.8. The third kappa shape index (κ3) is 5.35. The second-order valence-corrected chi connectivity index (χ2v) is 9.36. The number of aromatic nitrogens is 1. The normalized spacial score (nSPS) is 18.5. The molecule has 0 amide bonds. The molecule has 1 aliphatic carbocycles. The molecule has 1 fully saturated rings. The summed E-state index contributed by atoms with van der Waals surface area (Å²) in [4.78, 5) is 10.2. The molecule has 1 N–H and O–H groups in total. The van der Waals surface area contributed by atoms with E-state index in [1.165, 1.54) is 33.0 Å². The highest BCUT2D eigenvalue weighted by Crippen LogP contribution is 2.56. The Bertz CT molecular complexity index is 806. The first kappa shape index (κ1) is 24.6. The van der Waals surface area contributed by atoms with Crippen LogP contribution in [0.4, 0.5) is 5.69 Å². The van der Waals surface area contributed by atoms with Crippen molar-refractivity contribution in [3.8, 4) is 11.3 Å². The van der Waals surface area contributed by atoms with E-state index in [2.05, 4.69) is 35.3 Å². The third-order valence-corrected chi connectivity index (χ3v) is 7.78. The van der Waals surface area contributed by atoms with Gasteiger partial charge in [-0.05, 0) is 29.9 Å². The summed E-state index contributed by atoms with van der Waals surface area (Å²) < 4.78 is 5.30. The Kier molecular flexibility index (Phi) is 9.92. The lowest BCUT2D eigenvalue weighted by molar-refractivity contribution is 0.181. The van der Waals surface area contributed by atoms with E-state index in [9.17, 15) is 0 Å². The standard InChI is InChI=1S/C21H27N3OS2.2ClH/c1-3-6-16-13-18-20(24-11-10-22-15(14-24)8-12-25-2)19-17(21(18)27-26-16)7-4-5-9-23-19;;/h4-5,7,9,13,15,22H,3,6,8,10-12,14H2,1-2H3;2*1H/t15-;;/m0../s1. The Balaban J connectivity index is 0.00000150. The van der Waals surface area contributed by atoms with Crippen LogP contribution in [0.3, 0.4) is 0 Å². The fraction of sp³-hybridized carbons (Fsp3) is 0.476. The van der Waals surface area contributed by atoms with E-state index in [1.807, 2.05) is 33.9 Å². The summed E-state index contributed by atoms with van der Waals surface area (Å²) in [6.07, 6.45) is 7.72. The molecule has 0 aromatic rings. The SMILES string of the molecule is CCCC1=Cc2c(c3ccccnc-3c2N2CCN[C@@H](CCOC)C2)SS1.Cl.Cl. The topological polar surface area (TPSA) is 37.4 Å². The van der Waals surface area contributed by atoms with Gasteiger partial charge in [-0.3, -0.25) is 4.98 Å². The zero-order chi connectivity index (χ0) is 18.6. The Morgan fingerprint density at radius 3 is 2.93 bits per heavy atom. The van der Waals surface area contributed by atoms with Gasteiger partial charge in [0.1, 0.15) is 0 Å². The van der Waals surface area contributed by atoms with Crippen molar-refractivity contribution in [2.45, 2.75) is 37.1 Å². The molecule has 160 valence electrons. The van der Waals surface area contributed by atoms with Crippen LogP contribution in [0.2, 0.25) is 0 Å². The smallest absolute Gasteiger partial charge is 0.0953 e. The quantitative estimate of drug-likeness (QED) is 0.539. The Morgan fingerprint density at radius 2 is 2.14 bits per heavy atom. The molecule has 1 saturated heterocycles. The molecule has 8 heteroatoms. The minimum absolute atomic E-state index is 0. The predicted octanol–water partition coefficient (Wildman–Crippen LogP) is 5.74. The van der Waals surface area contributed by atoms with Crippen molar-refractivity contribution < 1.29 is 4.74 Å². The molecular weight excluding hydrogens is 445 g/mol. The molecular formula is C21H29Cl2N3OS2. The van der Waals surface area contributed by atoms with Crippen LogP contribution >= 0.6 is 46.4 Å². The molecule has 3 heterocycles. The molecule has 4 aliphatic rings. The van der Waals surface area contributed by atoms with Gasteiger partial charge in [-0.25, -0.2) is 0 Å². The molecule has 0 aromatic heterocycles. The minimum atomic E-state index is 0. The van der Waals surface area contributed by atoms with Crippen molar-refractivity contribution >= 4 is 58.2 Å². The highest BCUT2D eigenvalue weighted by molar-refractivity contribution is 8.78. The van der Waals surface area contributed by atoms with E-state index in [-0.39, 0.29) is 24.8 Å². The number of fused-ring (bicyclic) bond motifs is 3. The van der Waals surface area contributed by atoms with E-state index in [1.54, 1.807) is 7.11 Å². The number of nitrogens with zero attached hydrogens (tertiary/aromatic N) is 2. The number of halogens is 2. The Morgan fingerprint density at radius 1 is 1.28 bits per heavy atom. The number of piperazine rings is 1. The van der Waals surface area contributed by atoms with Gasteiger partial charge < -0.3 is 15.0 Å². The molecule has 0 saturated carbocycles. The van der Waals surface area contributed by atoms with Crippen LogP contribution in [0, 0.1) is 0 Å². The second kappa shape index (κ2) is 11.7. The van der Waals surface area contributed by atoms with Gasteiger partial charge in [0, 0.05) is 61.6 Å². The van der Waals surface area contributed by atoms with Crippen molar-refractivity contribution in [1.82, 2.24) is 10.3 Å². The predicted molar refractivity (Wildman–Crippen MR) is 132 cm³/mol. The Labute approximate surface area is 194 Å². The van der Waals surface area contributed by atoms with E-state index in [4.69, 9.17) is 9.72 Å². The lowest BCUT2D eigenvalue weighted by atomic mass is 10.1. The maximum absolute atomic E-state index is 5.30. The van der Waals surface area contributed by atoms with Gasteiger partial charge in [-0.15, -0.1) is 24.8 Å². The summed E-state index contributed by atoms with van der Waals surface area (Å²) in [6, 6.07) is 6.81. The van der Waals surface area contributed by atoms with Crippen LogP contribution in [-0.2, 0) is 4.74 Å². The molecule has 0 radical (unpaired) electrons. The summed E-state index contributed by atoms with van der Waals surface area (Å²) in [6.45, 7) is 6.07. The molecule has 29 heavy (non-hydrogen) atoms. The number of rotatable bonds is 6. The highest BCUT2D eigenvalue weighted by Gasteiger charge is 2.31. The average Bonchev–Trinajstić information content (AvgIpc) is 2.82. The fourth-order valence-corrected chi connectivity index (χ4v) is 6.53. The van der Waals surface area contributed by atoms with Crippen LogP contribution in [0.25, 0.3) is 17.3 Å². The van der Waals surface area contributed by atoms with Crippen LogP contribution < -0.4 is 10.2 Å². The van der Waals surface area contributed by atoms with Crippen molar-refractivity contribution in [2.24, 2.45) is 0 Å². The average molecular weight is 475 g/mol. The summed E-state index contributed by atoms with van der Waals surface area (Å²) in [7, 11) is 5.60. The van der Waals surface area contributed by atoms with E-state index < -0.39 is 0 Å². The van der Waals surface area contributed by atoms with Crippen molar-refractivity contribution in [2.75, 3.05) is 38.3 Å². The van der Waals surface area contributed by atoms with Crippen molar-refractivity contribution in [1.29, 1.82) is 0 Å². The molecule has 0 aromatic carbocycles. The van der Waals surface area contributed by atoms with Gasteiger partial charge in [0.15, 0.2) is 0 Å². The monoisotopic (exact) mass is 473 g/mol. The number of methoxy groups -OCH3 is 1. The van der Waals surface area contributed by atoms with Crippen molar-refractivity contribution in [3.63, 3.8) is 0 Å². The number of nitrogens with one attached hydrogen (secondary N) is 1. The maximum Gasteiger partial charge on any atom is 0.0953 e. The van der Waals surface area contributed by atoms with Crippen LogP contribution in [-0.4, -0.2) is 44.4 Å². The minimum Gasteiger partial charge on any atom is -0.385 e. The fourth-order valence-electron chi connectivity index (χ4n) is 3.89. The first-order chi connectivity index (χ1) is 13.3. The van der Waals surface area contributed by atoms with Gasteiger partial charge in [0.2, 0.25) is 0 Å². The number of hydrogen-bond donors (Lipinski definition) is 1. The van der Waals surface area contributed by atoms with Crippen molar-refractivity contribution in [3.05, 3.63) is 34.9 Å². The molecule has 3 aliphatic heterocycles. The molecule has 1 atom stereocenters. The van der Waals surface area contributed by atoms with Gasteiger partial charge in [0.05, 0.1) is 11.4 Å². The summed E-state index contributed by atoms with van der Waals surface area (Å²) in [5, 5.41) is 3.64. The third-order valence-electron chi connectivity index (χ3n) is 5.16. The molecule has 0 unspecified atom stereocenters. The van der Waals surface area contributed by atoms with Gasteiger partial charge in [0.25, 0.3) is 0 Å². The van der Waals surface area contributed by atoms with Crippen LogP contribution in [0.15, 0.2) is 34.2 Å². The van der Waals surface area contributed by atoms with Gasteiger partial charge in [-0.1, -0.05) is 47.1 Å². The molecule has 4 rings (SSSR count). The Hall–Kier alpha value is -0.630. The lowest BCUT2D eigenvalue weighted by Crippen LogP contribution is -2.51. The highest BCUT2D eigenvalue weighted by atomic mass is 35.5. The largest absolute Gasteiger partial charge is 0.385 e. The molecule has 0 bridgehead atoms. The van der Waals surface area contributed by atoms with Crippen LogP contribution in [0.5, 0.6) is 0 Å². The first-order valence-corrected chi connectivity index (χ1v) is 11.9. The maximum atomic E-state index is 5.30. The molecule has 0 spiro atoms. The molecule has 4 nitrogen and oxygen atoms in total. The van der Waals surface area contributed by atoms with Crippen LogP contribution in [0.1, 0.15) is 31.7 Å². The zero-order valence-corrected chi connectivity index (χ0v) is 20.1. The second-order valence-electron chi connectivity index (χ2n) is 7.09. The number of allylic oxidation sites excluding steroid dienone is 1. The number of ether oxygens (including phenoxy) is 1. The number of anilines is 1. The number of hydrogen-bond acceptors (Lipinski definition) is 6. The first-order valence-electron chi connectivity index (χ1n) is 9.75. The lowest BCUT2D eigenvalue weighted by Gasteiger charge is -2.36. The van der Waals surface area contributed by atoms with E-state index >= 15 is 0 Å². The van der Waals surface area contributed by atoms with E-state index in [0.29, 0.717) is 6.04 Å². The summed E-state index contributed by atoms with van der Waals surface area (Å²) >= 11 is 0. The van der Waals surface area contributed by atoms with E-state index in [0.717, 1.165) is 44.8 Å². The van der Waals surface area contributed by atoms with Gasteiger partial charge >= 0.3 is 0 Å². The summed E-state index contributed by atoms with van der Waals surface area (Å²) in [5.41, 5.74) is 5.12. The van der Waals surface area contributed by atoms with Gasteiger partial charge in [-0.2, -0.15) is 0 Å². The summed E-state index contributed by atoms with van der Waals surface area (Å²) in [5.74, 6) is 0.